The van der Waals surface area contributed by atoms with Gasteiger partial charge in [-0.3, -0.25) is 14.8 Å². The largest absolute Gasteiger partial charge is 0.378 e. The van der Waals surface area contributed by atoms with E-state index in [-0.39, 0.29) is 5.91 Å². The van der Waals surface area contributed by atoms with Crippen LogP contribution in [0.3, 0.4) is 0 Å². The van der Waals surface area contributed by atoms with Crippen LogP contribution in [0.15, 0.2) is 59.7 Å². The highest BCUT2D eigenvalue weighted by molar-refractivity contribution is 6.31. The number of aromatic nitrogens is 2. The zero-order chi connectivity index (χ0) is 23.1. The van der Waals surface area contributed by atoms with E-state index in [9.17, 15) is 4.79 Å². The third kappa shape index (κ3) is 6.34. The molecule has 7 nitrogen and oxygen atoms in total. The number of hydrogen-bond donors (Lipinski definition) is 2. The monoisotopic (exact) mass is 452 g/mol. The zero-order valence-corrected chi connectivity index (χ0v) is 19.6. The number of aryl methyl sites for hydroxylation is 2. The number of halogens is 1. The van der Waals surface area contributed by atoms with Crippen LogP contribution in [-0.2, 0) is 13.1 Å². The summed E-state index contributed by atoms with van der Waals surface area (Å²) in [7, 11) is 3.87. The first-order chi connectivity index (χ1) is 15.4. The van der Waals surface area contributed by atoms with E-state index in [2.05, 4.69) is 27.6 Å². The van der Waals surface area contributed by atoms with Crippen molar-refractivity contribution in [1.82, 2.24) is 15.1 Å². The molecule has 2 aromatic carbocycles. The molecule has 8 heteroatoms. The van der Waals surface area contributed by atoms with Gasteiger partial charge in [-0.05, 0) is 49.7 Å². The molecule has 1 amide bonds. The highest BCUT2D eigenvalue weighted by Gasteiger charge is 2.12. The second-order valence-electron chi connectivity index (χ2n) is 7.70. The number of benzene rings is 2. The average Bonchev–Trinajstić information content (AvgIpc) is 3.11. The molecule has 0 aliphatic rings. The summed E-state index contributed by atoms with van der Waals surface area (Å²) >= 11 is 6.12. The van der Waals surface area contributed by atoms with Gasteiger partial charge in [0.15, 0.2) is 0 Å². The molecule has 0 unspecified atom stereocenters. The SMILES string of the molecule is CCCn1cc(CN=C(NC(=O)c2cccc(N(C)C)c2)Nc2cccc(Cl)c2)c(C)n1. The molecule has 1 aromatic heterocycles. The summed E-state index contributed by atoms with van der Waals surface area (Å²) in [6, 6.07) is 14.7. The molecule has 0 aliphatic heterocycles. The van der Waals surface area contributed by atoms with Crippen molar-refractivity contribution in [2.24, 2.45) is 4.99 Å². The maximum Gasteiger partial charge on any atom is 0.258 e. The summed E-state index contributed by atoms with van der Waals surface area (Å²) in [6.45, 7) is 5.32. The molecular formula is C24H29ClN6O. The number of nitrogens with one attached hydrogen (secondary N) is 2. The van der Waals surface area contributed by atoms with Crippen LogP contribution in [-0.4, -0.2) is 35.7 Å². The van der Waals surface area contributed by atoms with Crippen LogP contribution >= 0.6 is 11.6 Å². The molecule has 0 fully saturated rings. The lowest BCUT2D eigenvalue weighted by molar-refractivity contribution is 0.0977. The van der Waals surface area contributed by atoms with Crippen LogP contribution in [0.2, 0.25) is 5.02 Å². The second kappa shape index (κ2) is 10.8. The Hall–Kier alpha value is -3.32. The van der Waals surface area contributed by atoms with Gasteiger partial charge in [-0.2, -0.15) is 5.10 Å². The number of carbonyl (C=O) groups excluding carboxylic acids is 1. The molecule has 2 N–H and O–H groups in total. The number of hydrogen-bond acceptors (Lipinski definition) is 4. The van der Waals surface area contributed by atoms with Crippen LogP contribution < -0.4 is 15.5 Å². The summed E-state index contributed by atoms with van der Waals surface area (Å²) in [5.41, 5.74) is 4.15. The minimum Gasteiger partial charge on any atom is -0.378 e. The van der Waals surface area contributed by atoms with Crippen molar-refractivity contribution in [2.75, 3.05) is 24.3 Å². The van der Waals surface area contributed by atoms with Gasteiger partial charge in [0.2, 0.25) is 5.96 Å². The Balaban J connectivity index is 1.84. The van der Waals surface area contributed by atoms with Gasteiger partial charge in [-0.1, -0.05) is 30.7 Å². The van der Waals surface area contributed by atoms with Crippen molar-refractivity contribution < 1.29 is 4.79 Å². The second-order valence-corrected chi connectivity index (χ2v) is 8.14. The summed E-state index contributed by atoms with van der Waals surface area (Å²) in [5.74, 6) is 0.0931. The molecule has 3 aromatic rings. The number of rotatable bonds is 7. The predicted octanol–water partition coefficient (Wildman–Crippen LogP) is 4.72. The zero-order valence-electron chi connectivity index (χ0n) is 18.9. The van der Waals surface area contributed by atoms with Gasteiger partial charge in [0, 0.05) is 54.4 Å². The summed E-state index contributed by atoms with van der Waals surface area (Å²) in [4.78, 5) is 19.6. The van der Waals surface area contributed by atoms with Gasteiger partial charge in [0.25, 0.3) is 5.91 Å². The van der Waals surface area contributed by atoms with E-state index >= 15 is 0 Å². The first kappa shape index (κ1) is 23.3. The Morgan fingerprint density at radius 1 is 1.19 bits per heavy atom. The van der Waals surface area contributed by atoms with Gasteiger partial charge < -0.3 is 10.2 Å². The lowest BCUT2D eigenvalue weighted by Crippen LogP contribution is -2.36. The molecule has 32 heavy (non-hydrogen) atoms. The van der Waals surface area contributed by atoms with Crippen molar-refractivity contribution >= 4 is 34.8 Å². The van der Waals surface area contributed by atoms with Crippen LogP contribution in [0.4, 0.5) is 11.4 Å². The van der Waals surface area contributed by atoms with Crippen molar-refractivity contribution in [1.29, 1.82) is 0 Å². The Labute approximate surface area is 194 Å². The minimum absolute atomic E-state index is 0.250. The summed E-state index contributed by atoms with van der Waals surface area (Å²) in [5, 5.41) is 11.2. The highest BCUT2D eigenvalue weighted by atomic mass is 35.5. The van der Waals surface area contributed by atoms with Crippen molar-refractivity contribution in [3.05, 3.63) is 76.6 Å². The van der Waals surface area contributed by atoms with Gasteiger partial charge in [0.05, 0.1) is 12.2 Å². The Bertz CT molecular complexity index is 1110. The fourth-order valence-corrected chi connectivity index (χ4v) is 3.33. The van der Waals surface area contributed by atoms with Gasteiger partial charge in [0.1, 0.15) is 0 Å². The van der Waals surface area contributed by atoms with E-state index < -0.39 is 0 Å². The molecular weight excluding hydrogens is 424 g/mol. The van der Waals surface area contributed by atoms with Crippen molar-refractivity contribution in [3.8, 4) is 0 Å². The number of amides is 1. The Morgan fingerprint density at radius 3 is 2.69 bits per heavy atom. The van der Waals surface area contributed by atoms with E-state index in [4.69, 9.17) is 11.6 Å². The normalized spacial score (nSPS) is 11.3. The lowest BCUT2D eigenvalue weighted by atomic mass is 10.2. The molecule has 168 valence electrons. The first-order valence-electron chi connectivity index (χ1n) is 10.5. The van der Waals surface area contributed by atoms with Crippen LogP contribution in [0, 0.1) is 6.92 Å². The fourth-order valence-electron chi connectivity index (χ4n) is 3.14. The topological polar surface area (TPSA) is 74.6 Å². The third-order valence-electron chi connectivity index (χ3n) is 4.85. The molecule has 0 spiro atoms. The molecule has 0 radical (unpaired) electrons. The van der Waals surface area contributed by atoms with Gasteiger partial charge in [-0.15, -0.1) is 0 Å². The van der Waals surface area contributed by atoms with E-state index in [0.717, 1.165) is 35.6 Å². The van der Waals surface area contributed by atoms with Crippen LogP contribution in [0.5, 0.6) is 0 Å². The highest BCUT2D eigenvalue weighted by Crippen LogP contribution is 2.16. The maximum atomic E-state index is 13.0. The molecule has 0 saturated heterocycles. The quantitative estimate of drug-likeness (QED) is 0.402. The Morgan fingerprint density at radius 2 is 1.97 bits per heavy atom. The van der Waals surface area contributed by atoms with E-state index in [0.29, 0.717) is 23.1 Å². The van der Waals surface area contributed by atoms with Gasteiger partial charge in [-0.25, -0.2) is 4.99 Å². The van der Waals surface area contributed by atoms with E-state index in [1.807, 2.05) is 67.1 Å². The number of carbonyl (C=O) groups is 1. The van der Waals surface area contributed by atoms with E-state index in [1.54, 1.807) is 18.2 Å². The maximum absolute atomic E-state index is 13.0. The standard InChI is InChI=1S/C24H29ClN6O/c1-5-12-31-16-19(17(2)29-31)15-26-24(27-21-10-7-9-20(25)14-21)28-23(32)18-8-6-11-22(13-18)30(3)4/h6-11,13-14,16H,5,12,15H2,1-4H3,(H2,26,27,28,32). The molecule has 0 aliphatic carbocycles. The first-order valence-corrected chi connectivity index (χ1v) is 10.9. The Kier molecular flexibility index (Phi) is 7.89. The smallest absolute Gasteiger partial charge is 0.258 e. The number of guanidine groups is 1. The average molecular weight is 453 g/mol. The van der Waals surface area contributed by atoms with Crippen LogP contribution in [0.1, 0.15) is 35.0 Å². The number of anilines is 2. The molecule has 0 bridgehead atoms. The molecule has 0 saturated carbocycles. The van der Waals surface area contributed by atoms with Crippen molar-refractivity contribution in [3.63, 3.8) is 0 Å². The van der Waals surface area contributed by atoms with Gasteiger partial charge >= 0.3 is 0 Å². The number of nitrogens with zero attached hydrogens (tertiary/aromatic N) is 4. The predicted molar refractivity (Wildman–Crippen MR) is 132 cm³/mol. The lowest BCUT2D eigenvalue weighted by Gasteiger charge is -2.15. The third-order valence-corrected chi connectivity index (χ3v) is 5.09. The summed E-state index contributed by atoms with van der Waals surface area (Å²) in [6.07, 6.45) is 3.01. The number of aliphatic imine (C=N–C) groups is 1. The summed E-state index contributed by atoms with van der Waals surface area (Å²) < 4.78 is 1.93. The molecule has 0 atom stereocenters. The minimum atomic E-state index is -0.250. The van der Waals surface area contributed by atoms with E-state index in [1.165, 1.54) is 0 Å². The van der Waals surface area contributed by atoms with Crippen LogP contribution in [0.25, 0.3) is 0 Å². The molecule has 1 heterocycles. The fraction of sp³-hybridized carbons (Fsp3) is 0.292. The molecule has 3 rings (SSSR count). The van der Waals surface area contributed by atoms with Crippen molar-refractivity contribution in [2.45, 2.75) is 33.4 Å².